The molecule has 0 heterocycles. The fourth-order valence-electron chi connectivity index (χ4n) is 1.72. The summed E-state index contributed by atoms with van der Waals surface area (Å²) in [5.74, 6) is -0.0604. The lowest BCUT2D eigenvalue weighted by Gasteiger charge is -2.11. The summed E-state index contributed by atoms with van der Waals surface area (Å²) in [6.45, 7) is 1.88. The average molecular weight is 356 g/mol. The SMILES string of the molecule is COc1cc(C)ccc1Oc1cc(Br)c(F)cc1[N+](=O)[O-]. The molecule has 2 aromatic rings. The summed E-state index contributed by atoms with van der Waals surface area (Å²) in [6.07, 6.45) is 0. The molecule has 0 aromatic heterocycles. The molecule has 0 N–H and O–H groups in total. The maximum atomic E-state index is 13.4. The Morgan fingerprint density at radius 1 is 1.19 bits per heavy atom. The summed E-state index contributed by atoms with van der Waals surface area (Å²) < 4.78 is 24.2. The fraction of sp³-hybridized carbons (Fsp3) is 0.143. The molecule has 7 heteroatoms. The standard InChI is InChI=1S/C14H11BrFNO4/c1-8-3-4-12(14(5-8)20-2)21-13-6-9(15)10(16)7-11(13)17(18)19/h3-7H,1-2H3. The van der Waals surface area contributed by atoms with Crippen molar-refractivity contribution in [3.8, 4) is 17.2 Å². The molecule has 0 fully saturated rings. The number of nitrogens with zero attached hydrogens (tertiary/aromatic N) is 1. The van der Waals surface area contributed by atoms with Crippen molar-refractivity contribution in [2.24, 2.45) is 0 Å². The van der Waals surface area contributed by atoms with Crippen molar-refractivity contribution in [1.29, 1.82) is 0 Å². The fourth-order valence-corrected chi connectivity index (χ4v) is 2.04. The van der Waals surface area contributed by atoms with Gasteiger partial charge in [-0.1, -0.05) is 6.07 Å². The zero-order valence-electron chi connectivity index (χ0n) is 11.2. The minimum Gasteiger partial charge on any atom is -0.493 e. The van der Waals surface area contributed by atoms with E-state index in [-0.39, 0.29) is 10.2 Å². The van der Waals surface area contributed by atoms with E-state index in [9.17, 15) is 14.5 Å². The van der Waals surface area contributed by atoms with Crippen LogP contribution in [0.1, 0.15) is 5.56 Å². The Balaban J connectivity index is 2.48. The minimum absolute atomic E-state index is 0.0737. The summed E-state index contributed by atoms with van der Waals surface area (Å²) in [5, 5.41) is 11.0. The van der Waals surface area contributed by atoms with E-state index in [0.717, 1.165) is 11.6 Å². The van der Waals surface area contributed by atoms with Crippen LogP contribution in [0.25, 0.3) is 0 Å². The van der Waals surface area contributed by atoms with E-state index in [4.69, 9.17) is 9.47 Å². The van der Waals surface area contributed by atoms with Crippen LogP contribution in [0, 0.1) is 22.9 Å². The van der Waals surface area contributed by atoms with E-state index in [1.54, 1.807) is 18.2 Å². The zero-order chi connectivity index (χ0) is 15.6. The van der Waals surface area contributed by atoms with Crippen molar-refractivity contribution in [1.82, 2.24) is 0 Å². The molecular weight excluding hydrogens is 345 g/mol. The van der Waals surface area contributed by atoms with E-state index in [1.165, 1.54) is 13.2 Å². The molecule has 5 nitrogen and oxygen atoms in total. The van der Waals surface area contributed by atoms with Gasteiger partial charge in [0.1, 0.15) is 5.82 Å². The number of benzene rings is 2. The number of halogens is 2. The maximum absolute atomic E-state index is 13.4. The summed E-state index contributed by atoms with van der Waals surface area (Å²) in [6, 6.07) is 7.17. The van der Waals surface area contributed by atoms with E-state index < -0.39 is 16.4 Å². The largest absolute Gasteiger partial charge is 0.493 e. The summed E-state index contributed by atoms with van der Waals surface area (Å²) in [7, 11) is 1.47. The number of hydrogen-bond donors (Lipinski definition) is 0. The van der Waals surface area contributed by atoms with Crippen LogP contribution in [0.4, 0.5) is 10.1 Å². The first-order chi connectivity index (χ1) is 9.92. The van der Waals surface area contributed by atoms with Crippen LogP contribution in [0.3, 0.4) is 0 Å². The highest BCUT2D eigenvalue weighted by Crippen LogP contribution is 2.39. The van der Waals surface area contributed by atoms with Gasteiger partial charge in [-0.25, -0.2) is 4.39 Å². The third-order valence-corrected chi connectivity index (χ3v) is 3.35. The summed E-state index contributed by atoms with van der Waals surface area (Å²) >= 11 is 2.98. The van der Waals surface area contributed by atoms with Crippen LogP contribution in [0.5, 0.6) is 17.2 Å². The van der Waals surface area contributed by atoms with Crippen LogP contribution >= 0.6 is 15.9 Å². The molecule has 0 radical (unpaired) electrons. The lowest BCUT2D eigenvalue weighted by Crippen LogP contribution is -1.97. The van der Waals surface area contributed by atoms with Crippen molar-refractivity contribution >= 4 is 21.6 Å². The van der Waals surface area contributed by atoms with Gasteiger partial charge in [-0.05, 0) is 40.5 Å². The molecule has 0 amide bonds. The van der Waals surface area contributed by atoms with Crippen LogP contribution in [0.2, 0.25) is 0 Å². The van der Waals surface area contributed by atoms with Gasteiger partial charge in [0.15, 0.2) is 11.5 Å². The average Bonchev–Trinajstić information content (AvgIpc) is 2.44. The van der Waals surface area contributed by atoms with Gasteiger partial charge in [0.2, 0.25) is 5.75 Å². The van der Waals surface area contributed by atoms with Gasteiger partial charge in [0.25, 0.3) is 0 Å². The molecule has 110 valence electrons. The predicted octanol–water partition coefficient (Wildman–Crippen LogP) is 4.61. The second-order valence-electron chi connectivity index (χ2n) is 4.25. The first-order valence-corrected chi connectivity index (χ1v) is 6.67. The Labute approximate surface area is 128 Å². The molecule has 0 spiro atoms. The van der Waals surface area contributed by atoms with Crippen LogP contribution < -0.4 is 9.47 Å². The summed E-state index contributed by atoms with van der Waals surface area (Å²) in [4.78, 5) is 10.3. The first kappa shape index (κ1) is 15.2. The van der Waals surface area contributed by atoms with Crippen molar-refractivity contribution in [2.75, 3.05) is 7.11 Å². The van der Waals surface area contributed by atoms with E-state index in [0.29, 0.717) is 11.5 Å². The normalized spacial score (nSPS) is 10.3. The number of rotatable bonds is 4. The molecule has 2 aromatic carbocycles. The van der Waals surface area contributed by atoms with E-state index in [2.05, 4.69) is 15.9 Å². The molecule has 0 unspecified atom stereocenters. The Hall–Kier alpha value is -2.15. The van der Waals surface area contributed by atoms with Crippen LogP contribution in [-0.4, -0.2) is 12.0 Å². The molecule has 21 heavy (non-hydrogen) atoms. The first-order valence-electron chi connectivity index (χ1n) is 5.88. The highest BCUT2D eigenvalue weighted by molar-refractivity contribution is 9.10. The lowest BCUT2D eigenvalue weighted by molar-refractivity contribution is -0.385. The van der Waals surface area contributed by atoms with E-state index in [1.807, 2.05) is 6.92 Å². The van der Waals surface area contributed by atoms with Gasteiger partial charge >= 0.3 is 5.69 Å². The van der Waals surface area contributed by atoms with Crippen molar-refractivity contribution < 1.29 is 18.8 Å². The van der Waals surface area contributed by atoms with Gasteiger partial charge in [-0.2, -0.15) is 0 Å². The quantitative estimate of drug-likeness (QED) is 0.593. The Bertz CT molecular complexity index is 706. The minimum atomic E-state index is -0.732. The summed E-state index contributed by atoms with van der Waals surface area (Å²) in [5.41, 5.74) is 0.493. The molecule has 2 rings (SSSR count). The topological polar surface area (TPSA) is 61.6 Å². The Morgan fingerprint density at radius 2 is 1.90 bits per heavy atom. The Morgan fingerprint density at radius 3 is 2.52 bits per heavy atom. The van der Waals surface area contributed by atoms with E-state index >= 15 is 0 Å². The maximum Gasteiger partial charge on any atom is 0.314 e. The molecule has 0 bridgehead atoms. The molecular formula is C14H11BrFNO4. The number of nitro benzene ring substituents is 1. The molecule has 0 aliphatic heterocycles. The van der Waals surface area contributed by atoms with Crippen LogP contribution in [-0.2, 0) is 0 Å². The van der Waals surface area contributed by atoms with Gasteiger partial charge in [-0.15, -0.1) is 0 Å². The molecule has 0 saturated carbocycles. The van der Waals surface area contributed by atoms with Gasteiger partial charge < -0.3 is 9.47 Å². The molecule has 0 atom stereocenters. The molecule has 0 saturated heterocycles. The third-order valence-electron chi connectivity index (χ3n) is 2.74. The second kappa shape index (κ2) is 6.09. The van der Waals surface area contributed by atoms with Crippen LogP contribution in [0.15, 0.2) is 34.8 Å². The predicted molar refractivity (Wildman–Crippen MR) is 78.6 cm³/mol. The smallest absolute Gasteiger partial charge is 0.314 e. The number of hydrogen-bond acceptors (Lipinski definition) is 4. The highest BCUT2D eigenvalue weighted by atomic mass is 79.9. The number of ether oxygens (including phenoxy) is 2. The zero-order valence-corrected chi connectivity index (χ0v) is 12.8. The van der Waals surface area contributed by atoms with Crippen molar-refractivity contribution in [3.63, 3.8) is 0 Å². The highest BCUT2D eigenvalue weighted by Gasteiger charge is 2.20. The molecule has 0 aliphatic rings. The number of aryl methyl sites for hydroxylation is 1. The third kappa shape index (κ3) is 3.30. The van der Waals surface area contributed by atoms with Gasteiger partial charge in [0, 0.05) is 6.07 Å². The second-order valence-corrected chi connectivity index (χ2v) is 5.10. The Kier molecular flexibility index (Phi) is 4.42. The van der Waals surface area contributed by atoms with Crippen molar-refractivity contribution in [3.05, 3.63) is 56.3 Å². The lowest BCUT2D eigenvalue weighted by atomic mass is 10.2. The van der Waals surface area contributed by atoms with Gasteiger partial charge in [-0.3, -0.25) is 10.1 Å². The monoisotopic (exact) mass is 355 g/mol. The van der Waals surface area contributed by atoms with Gasteiger partial charge in [0.05, 0.1) is 22.6 Å². The van der Waals surface area contributed by atoms with Crippen molar-refractivity contribution in [2.45, 2.75) is 6.92 Å². The number of nitro groups is 1. The number of methoxy groups -OCH3 is 1. The molecule has 0 aliphatic carbocycles.